The Hall–Kier alpha value is -2.22. The minimum absolute atomic E-state index is 0.0195. The lowest BCUT2D eigenvalue weighted by Crippen LogP contribution is -2.50. The van der Waals surface area contributed by atoms with Crippen molar-refractivity contribution in [3.8, 4) is 0 Å². The molecule has 2 aliphatic rings. The molecule has 31 heavy (non-hydrogen) atoms. The highest BCUT2D eigenvalue weighted by Gasteiger charge is 2.46. The van der Waals surface area contributed by atoms with Gasteiger partial charge < -0.3 is 4.90 Å². The van der Waals surface area contributed by atoms with E-state index < -0.39 is 6.04 Å². The van der Waals surface area contributed by atoms with Crippen molar-refractivity contribution in [3.63, 3.8) is 0 Å². The van der Waals surface area contributed by atoms with Gasteiger partial charge in [-0.2, -0.15) is 0 Å². The van der Waals surface area contributed by atoms with Gasteiger partial charge in [0.2, 0.25) is 5.91 Å². The fourth-order valence-corrected chi connectivity index (χ4v) is 5.08. The summed E-state index contributed by atoms with van der Waals surface area (Å²) in [6, 6.07) is 14.1. The summed E-state index contributed by atoms with van der Waals surface area (Å²) < 4.78 is 1.03. The Balaban J connectivity index is 1.69. The van der Waals surface area contributed by atoms with Crippen molar-refractivity contribution in [2.75, 3.05) is 4.90 Å². The molecule has 3 amide bonds. The highest BCUT2D eigenvalue weighted by molar-refractivity contribution is 14.1. The molecule has 1 saturated heterocycles. The summed E-state index contributed by atoms with van der Waals surface area (Å²) in [5.74, 6) is -0.686. The van der Waals surface area contributed by atoms with Crippen molar-refractivity contribution in [3.05, 3.63) is 63.2 Å². The third kappa shape index (κ3) is 4.68. The molecule has 6 heteroatoms. The van der Waals surface area contributed by atoms with Gasteiger partial charge in [0.1, 0.15) is 6.04 Å². The second-order valence-corrected chi connectivity index (χ2v) is 9.74. The van der Waals surface area contributed by atoms with Gasteiger partial charge in [0, 0.05) is 15.2 Å². The SMILES string of the molecule is Cc1cccc(C(=O)N(C2CCCCCC2)C2CC(=O)N(c3ccc(I)cc3)C2=O)c1. The first-order valence-electron chi connectivity index (χ1n) is 11.0. The molecule has 0 radical (unpaired) electrons. The van der Waals surface area contributed by atoms with Gasteiger partial charge in [-0.25, -0.2) is 4.90 Å². The summed E-state index contributed by atoms with van der Waals surface area (Å²) in [6.07, 6.45) is 6.16. The van der Waals surface area contributed by atoms with Gasteiger partial charge in [-0.3, -0.25) is 14.4 Å². The van der Waals surface area contributed by atoms with E-state index in [2.05, 4.69) is 22.6 Å². The lowest BCUT2D eigenvalue weighted by Gasteiger charge is -2.35. The molecule has 0 N–H and O–H groups in total. The fourth-order valence-electron chi connectivity index (χ4n) is 4.72. The van der Waals surface area contributed by atoms with Gasteiger partial charge in [0.05, 0.1) is 12.1 Å². The molecule has 4 rings (SSSR count). The molecule has 1 heterocycles. The summed E-state index contributed by atoms with van der Waals surface area (Å²) >= 11 is 2.19. The zero-order valence-corrected chi connectivity index (χ0v) is 19.9. The van der Waals surface area contributed by atoms with Crippen LogP contribution in [0.25, 0.3) is 0 Å². The van der Waals surface area contributed by atoms with E-state index in [4.69, 9.17) is 0 Å². The molecular weight excluding hydrogens is 503 g/mol. The Morgan fingerprint density at radius 3 is 2.32 bits per heavy atom. The smallest absolute Gasteiger partial charge is 0.257 e. The standard InChI is InChI=1S/C25H27IN2O3/c1-17-7-6-8-18(15-17)24(30)27(20-9-4-2-3-5-10-20)22-16-23(29)28(25(22)31)21-13-11-19(26)12-14-21/h6-8,11-15,20,22H,2-5,9-10,16H2,1H3. The molecule has 1 atom stereocenters. The number of carbonyl (C=O) groups is 3. The Morgan fingerprint density at radius 2 is 1.68 bits per heavy atom. The number of amides is 3. The van der Waals surface area contributed by atoms with Crippen LogP contribution in [0, 0.1) is 10.5 Å². The maximum atomic E-state index is 13.7. The molecule has 0 bridgehead atoms. The number of aryl methyl sites for hydroxylation is 1. The quantitative estimate of drug-likeness (QED) is 0.314. The third-order valence-electron chi connectivity index (χ3n) is 6.26. The van der Waals surface area contributed by atoms with Crippen molar-refractivity contribution >= 4 is 46.0 Å². The molecule has 0 aromatic heterocycles. The number of anilines is 1. The van der Waals surface area contributed by atoms with E-state index in [1.165, 1.54) is 4.90 Å². The van der Waals surface area contributed by atoms with Gasteiger partial charge in [-0.1, -0.05) is 43.4 Å². The summed E-state index contributed by atoms with van der Waals surface area (Å²) in [6.45, 7) is 1.95. The molecule has 5 nitrogen and oxygen atoms in total. The van der Waals surface area contributed by atoms with Gasteiger partial charge in [0.15, 0.2) is 0 Å². The van der Waals surface area contributed by atoms with Crippen molar-refractivity contribution < 1.29 is 14.4 Å². The van der Waals surface area contributed by atoms with Crippen LogP contribution in [0.3, 0.4) is 0 Å². The molecule has 1 saturated carbocycles. The molecule has 1 aliphatic heterocycles. The number of imide groups is 1. The van der Waals surface area contributed by atoms with Gasteiger partial charge >= 0.3 is 0 Å². The predicted molar refractivity (Wildman–Crippen MR) is 129 cm³/mol. The molecule has 2 fully saturated rings. The summed E-state index contributed by atoms with van der Waals surface area (Å²) in [5.41, 5.74) is 2.15. The van der Waals surface area contributed by atoms with E-state index >= 15 is 0 Å². The third-order valence-corrected chi connectivity index (χ3v) is 6.98. The largest absolute Gasteiger partial charge is 0.323 e. The van der Waals surface area contributed by atoms with Crippen LogP contribution in [0.5, 0.6) is 0 Å². The van der Waals surface area contributed by atoms with Crippen molar-refractivity contribution in [1.29, 1.82) is 0 Å². The number of rotatable bonds is 4. The molecule has 2 aromatic carbocycles. The Kier molecular flexibility index (Phi) is 6.74. The average Bonchev–Trinajstić information content (AvgIpc) is 2.92. The zero-order valence-electron chi connectivity index (χ0n) is 17.7. The fraction of sp³-hybridized carbons (Fsp3) is 0.400. The van der Waals surface area contributed by atoms with Crippen LogP contribution in [0.2, 0.25) is 0 Å². The molecule has 162 valence electrons. The lowest BCUT2D eigenvalue weighted by atomic mass is 10.0. The summed E-state index contributed by atoms with van der Waals surface area (Å²) in [4.78, 5) is 43.1. The Labute approximate surface area is 196 Å². The van der Waals surface area contributed by atoms with Crippen LogP contribution < -0.4 is 4.90 Å². The van der Waals surface area contributed by atoms with E-state index in [1.54, 1.807) is 23.1 Å². The highest BCUT2D eigenvalue weighted by atomic mass is 127. The molecule has 2 aromatic rings. The maximum Gasteiger partial charge on any atom is 0.257 e. The normalized spacial score (nSPS) is 20.1. The summed E-state index contributed by atoms with van der Waals surface area (Å²) in [7, 11) is 0. The van der Waals surface area contributed by atoms with Crippen LogP contribution in [0.15, 0.2) is 48.5 Å². The molecule has 1 unspecified atom stereocenters. The monoisotopic (exact) mass is 530 g/mol. The van der Waals surface area contributed by atoms with Crippen LogP contribution in [-0.2, 0) is 9.59 Å². The van der Waals surface area contributed by atoms with E-state index in [0.717, 1.165) is 47.7 Å². The molecular formula is C25H27IN2O3. The minimum Gasteiger partial charge on any atom is -0.323 e. The number of halogens is 1. The van der Waals surface area contributed by atoms with Crippen molar-refractivity contribution in [2.24, 2.45) is 0 Å². The van der Waals surface area contributed by atoms with E-state index in [1.807, 2.05) is 37.3 Å². The average molecular weight is 530 g/mol. The highest BCUT2D eigenvalue weighted by Crippen LogP contribution is 2.32. The maximum absolute atomic E-state index is 13.7. The van der Waals surface area contributed by atoms with Gasteiger partial charge in [0.25, 0.3) is 11.8 Å². The van der Waals surface area contributed by atoms with Crippen LogP contribution >= 0.6 is 22.6 Å². The second kappa shape index (κ2) is 9.51. The first-order valence-corrected chi connectivity index (χ1v) is 12.1. The number of hydrogen-bond acceptors (Lipinski definition) is 3. The first kappa shape index (κ1) is 22.0. The first-order chi connectivity index (χ1) is 15.0. The molecule has 1 aliphatic carbocycles. The Morgan fingerprint density at radius 1 is 1.00 bits per heavy atom. The zero-order chi connectivity index (χ0) is 22.0. The van der Waals surface area contributed by atoms with E-state index in [-0.39, 0.29) is 30.2 Å². The minimum atomic E-state index is -0.747. The number of benzene rings is 2. The summed E-state index contributed by atoms with van der Waals surface area (Å²) in [5, 5.41) is 0. The Bertz CT molecular complexity index is 981. The lowest BCUT2D eigenvalue weighted by molar-refractivity contribution is -0.123. The van der Waals surface area contributed by atoms with Crippen LogP contribution in [0.1, 0.15) is 60.9 Å². The predicted octanol–water partition coefficient (Wildman–Crippen LogP) is 5.10. The van der Waals surface area contributed by atoms with Crippen molar-refractivity contribution in [1.82, 2.24) is 4.90 Å². The second-order valence-electron chi connectivity index (χ2n) is 8.49. The number of nitrogens with zero attached hydrogens (tertiary/aromatic N) is 2. The van der Waals surface area contributed by atoms with Gasteiger partial charge in [-0.15, -0.1) is 0 Å². The van der Waals surface area contributed by atoms with Crippen LogP contribution in [-0.4, -0.2) is 34.7 Å². The van der Waals surface area contributed by atoms with Crippen molar-refractivity contribution in [2.45, 2.75) is 64.0 Å². The van der Waals surface area contributed by atoms with E-state index in [0.29, 0.717) is 11.3 Å². The molecule has 0 spiro atoms. The van der Waals surface area contributed by atoms with Gasteiger partial charge in [-0.05, 0) is 78.8 Å². The number of carbonyl (C=O) groups excluding carboxylic acids is 3. The number of hydrogen-bond donors (Lipinski definition) is 0. The topological polar surface area (TPSA) is 57.7 Å². The van der Waals surface area contributed by atoms with Crippen LogP contribution in [0.4, 0.5) is 5.69 Å². The van der Waals surface area contributed by atoms with E-state index in [9.17, 15) is 14.4 Å².